The molecule has 0 N–H and O–H groups in total. The summed E-state index contributed by atoms with van der Waals surface area (Å²) in [5.41, 5.74) is 2.81. The van der Waals surface area contributed by atoms with Crippen molar-refractivity contribution in [3.05, 3.63) is 47.0 Å². The predicted octanol–water partition coefficient (Wildman–Crippen LogP) is 4.90. The van der Waals surface area contributed by atoms with Gasteiger partial charge in [-0.2, -0.15) is 0 Å². The van der Waals surface area contributed by atoms with Gasteiger partial charge in [0.15, 0.2) is 23.0 Å². The van der Waals surface area contributed by atoms with E-state index in [1.165, 1.54) is 0 Å². The van der Waals surface area contributed by atoms with E-state index in [9.17, 15) is 4.79 Å². The molecule has 0 spiro atoms. The molecule has 0 fully saturated rings. The van der Waals surface area contributed by atoms with Crippen LogP contribution in [0.5, 0.6) is 23.0 Å². The Hall–Kier alpha value is -3.09. The second-order valence-corrected chi connectivity index (χ2v) is 9.07. The lowest BCUT2D eigenvalue weighted by molar-refractivity contribution is 0.0132. The summed E-state index contributed by atoms with van der Waals surface area (Å²) in [5.74, 6) is 2.89. The van der Waals surface area contributed by atoms with Crippen molar-refractivity contribution in [3.8, 4) is 23.0 Å². The molecule has 0 saturated carbocycles. The highest BCUT2D eigenvalue weighted by Crippen LogP contribution is 2.41. The summed E-state index contributed by atoms with van der Waals surface area (Å²) >= 11 is 0. The second kappa shape index (κ2) is 8.81. The topological polar surface area (TPSA) is 66.5 Å². The molecule has 2 aliphatic rings. The maximum atomic E-state index is 13.1. The number of fused-ring (bicyclic) bond motifs is 2. The Kier molecular flexibility index (Phi) is 6.09. The van der Waals surface area contributed by atoms with Gasteiger partial charge in [0, 0.05) is 6.54 Å². The molecule has 0 aliphatic carbocycles. The largest absolute Gasteiger partial charge is 0.493 e. The molecule has 0 bridgehead atoms. The highest BCUT2D eigenvalue weighted by Gasteiger charge is 2.34. The van der Waals surface area contributed by atoms with Crippen LogP contribution in [0.3, 0.4) is 0 Å². The van der Waals surface area contributed by atoms with E-state index in [1.54, 1.807) is 14.2 Å². The number of methoxy groups -OCH3 is 2. The molecular weight excluding hydrogens is 410 g/mol. The fraction of sp³-hybridized carbons (Fsp3) is 0.480. The maximum absolute atomic E-state index is 13.1. The lowest BCUT2D eigenvalue weighted by Gasteiger charge is -2.38. The molecule has 4 rings (SSSR count). The summed E-state index contributed by atoms with van der Waals surface area (Å²) in [6.45, 7) is 6.50. The van der Waals surface area contributed by atoms with E-state index in [4.69, 9.17) is 23.7 Å². The van der Waals surface area contributed by atoms with Crippen molar-refractivity contribution >= 4 is 6.09 Å². The first-order valence-corrected chi connectivity index (χ1v) is 10.9. The van der Waals surface area contributed by atoms with Gasteiger partial charge < -0.3 is 28.6 Å². The van der Waals surface area contributed by atoms with Gasteiger partial charge in [0.2, 0.25) is 6.79 Å². The highest BCUT2D eigenvalue weighted by atomic mass is 16.7. The molecule has 7 heteroatoms. The van der Waals surface area contributed by atoms with Gasteiger partial charge in [-0.15, -0.1) is 0 Å². The van der Waals surface area contributed by atoms with Gasteiger partial charge in [-0.05, 0) is 81.0 Å². The minimum atomic E-state index is -0.559. The maximum Gasteiger partial charge on any atom is 0.410 e. The molecule has 0 radical (unpaired) electrons. The van der Waals surface area contributed by atoms with Crippen molar-refractivity contribution in [2.45, 2.75) is 51.7 Å². The zero-order chi connectivity index (χ0) is 22.9. The molecule has 7 nitrogen and oxygen atoms in total. The molecular formula is C25H31NO6. The van der Waals surface area contributed by atoms with Gasteiger partial charge in [-0.1, -0.05) is 6.07 Å². The van der Waals surface area contributed by atoms with Crippen LogP contribution in [0.25, 0.3) is 0 Å². The third-order valence-electron chi connectivity index (χ3n) is 5.77. The summed E-state index contributed by atoms with van der Waals surface area (Å²) in [6.07, 6.45) is 1.94. The van der Waals surface area contributed by atoms with E-state index < -0.39 is 5.60 Å². The van der Waals surface area contributed by atoms with Gasteiger partial charge in [0.1, 0.15) is 5.60 Å². The molecule has 0 aromatic heterocycles. The van der Waals surface area contributed by atoms with Gasteiger partial charge in [0.05, 0.1) is 20.3 Å². The average Bonchev–Trinajstić information content (AvgIpc) is 3.22. The van der Waals surface area contributed by atoms with E-state index >= 15 is 0 Å². The van der Waals surface area contributed by atoms with Crippen LogP contribution in [-0.2, 0) is 17.6 Å². The molecule has 2 aliphatic heterocycles. The Morgan fingerprint density at radius 2 is 1.78 bits per heavy atom. The van der Waals surface area contributed by atoms with E-state index in [0.29, 0.717) is 18.0 Å². The molecule has 2 aromatic carbocycles. The number of carbonyl (C=O) groups excluding carboxylic acids is 1. The first kappa shape index (κ1) is 22.1. The standard InChI is InChI=1S/C25H31NO6/c1-25(2,3)32-24(27)26-11-10-17-13-21(28-4)22(29-5)14-18(17)19(26)8-6-16-7-9-20-23(12-16)31-15-30-20/h7,9,12-14,19H,6,8,10-11,15H2,1-5H3/t19-/m0/s1. The van der Waals surface area contributed by atoms with Gasteiger partial charge in [-0.3, -0.25) is 0 Å². The number of ether oxygens (including phenoxy) is 5. The van der Waals surface area contributed by atoms with Crippen molar-refractivity contribution < 1.29 is 28.5 Å². The number of rotatable bonds is 5. The van der Waals surface area contributed by atoms with Crippen LogP contribution < -0.4 is 18.9 Å². The second-order valence-electron chi connectivity index (χ2n) is 9.07. The molecule has 0 saturated heterocycles. The van der Waals surface area contributed by atoms with Crippen molar-refractivity contribution in [1.82, 2.24) is 4.90 Å². The van der Waals surface area contributed by atoms with Crippen LogP contribution in [0.1, 0.15) is 49.9 Å². The van der Waals surface area contributed by atoms with Crippen molar-refractivity contribution in [2.24, 2.45) is 0 Å². The van der Waals surface area contributed by atoms with Crippen LogP contribution in [0.4, 0.5) is 4.79 Å². The Labute approximate surface area is 189 Å². The lowest BCUT2D eigenvalue weighted by Crippen LogP contribution is -2.43. The summed E-state index contributed by atoms with van der Waals surface area (Å²) in [4.78, 5) is 14.9. The monoisotopic (exact) mass is 441 g/mol. The zero-order valence-corrected chi connectivity index (χ0v) is 19.4. The van der Waals surface area contributed by atoms with Crippen LogP contribution in [0.2, 0.25) is 0 Å². The third-order valence-corrected chi connectivity index (χ3v) is 5.77. The Bertz CT molecular complexity index is 997. The highest BCUT2D eigenvalue weighted by molar-refractivity contribution is 5.70. The first-order valence-electron chi connectivity index (χ1n) is 10.9. The van der Waals surface area contributed by atoms with E-state index in [2.05, 4.69) is 0 Å². The Morgan fingerprint density at radius 1 is 1.06 bits per heavy atom. The molecule has 172 valence electrons. The number of nitrogens with zero attached hydrogens (tertiary/aromatic N) is 1. The van der Waals surface area contributed by atoms with Crippen molar-refractivity contribution in [2.75, 3.05) is 27.6 Å². The molecule has 1 atom stereocenters. The van der Waals surface area contributed by atoms with Gasteiger partial charge in [0.25, 0.3) is 0 Å². The number of aryl methyl sites for hydroxylation is 1. The Balaban J connectivity index is 1.64. The zero-order valence-electron chi connectivity index (χ0n) is 19.4. The van der Waals surface area contributed by atoms with Crippen LogP contribution in [-0.4, -0.2) is 44.2 Å². The lowest BCUT2D eigenvalue weighted by atomic mass is 9.88. The normalized spacial score (nSPS) is 17.0. The fourth-order valence-corrected chi connectivity index (χ4v) is 4.28. The summed E-state index contributed by atoms with van der Waals surface area (Å²) < 4.78 is 27.7. The summed E-state index contributed by atoms with van der Waals surface area (Å²) in [7, 11) is 3.26. The van der Waals surface area contributed by atoms with Crippen LogP contribution in [0.15, 0.2) is 30.3 Å². The van der Waals surface area contributed by atoms with Crippen molar-refractivity contribution in [3.63, 3.8) is 0 Å². The number of benzene rings is 2. The number of hydrogen-bond donors (Lipinski definition) is 0. The molecule has 2 heterocycles. The average molecular weight is 442 g/mol. The molecule has 0 unspecified atom stereocenters. The van der Waals surface area contributed by atoms with E-state index in [-0.39, 0.29) is 18.9 Å². The van der Waals surface area contributed by atoms with Crippen LogP contribution >= 0.6 is 0 Å². The van der Waals surface area contributed by atoms with E-state index in [1.807, 2.05) is 56.0 Å². The molecule has 32 heavy (non-hydrogen) atoms. The van der Waals surface area contributed by atoms with Crippen LogP contribution in [0, 0.1) is 0 Å². The van der Waals surface area contributed by atoms with E-state index in [0.717, 1.165) is 47.5 Å². The SMILES string of the molecule is COc1cc2c(cc1OC)[C@H](CCc1ccc3c(c1)OCO3)N(C(=O)OC(C)(C)C)CC2. The predicted molar refractivity (Wildman–Crippen MR) is 120 cm³/mol. The first-order chi connectivity index (χ1) is 15.3. The van der Waals surface area contributed by atoms with Gasteiger partial charge >= 0.3 is 6.09 Å². The number of amides is 1. The van der Waals surface area contributed by atoms with Gasteiger partial charge in [-0.25, -0.2) is 4.79 Å². The fourth-order valence-electron chi connectivity index (χ4n) is 4.28. The summed E-state index contributed by atoms with van der Waals surface area (Å²) in [6, 6.07) is 9.87. The van der Waals surface area contributed by atoms with Crippen molar-refractivity contribution in [1.29, 1.82) is 0 Å². The number of hydrogen-bond acceptors (Lipinski definition) is 6. The Morgan fingerprint density at radius 3 is 2.50 bits per heavy atom. The number of carbonyl (C=O) groups is 1. The smallest absolute Gasteiger partial charge is 0.410 e. The summed E-state index contributed by atoms with van der Waals surface area (Å²) in [5, 5.41) is 0. The third kappa shape index (κ3) is 4.56. The quantitative estimate of drug-likeness (QED) is 0.658. The molecule has 2 aromatic rings. The molecule has 1 amide bonds. The minimum Gasteiger partial charge on any atom is -0.493 e. The minimum absolute atomic E-state index is 0.140.